The van der Waals surface area contributed by atoms with Gasteiger partial charge in [-0.25, -0.2) is 8.78 Å². The number of rotatable bonds is 10. The molecule has 8 heteroatoms. The van der Waals surface area contributed by atoms with Gasteiger partial charge in [-0.15, -0.1) is 6.58 Å². The summed E-state index contributed by atoms with van der Waals surface area (Å²) in [6.07, 6.45) is 6.91. The fourth-order valence-electron chi connectivity index (χ4n) is 5.77. The van der Waals surface area contributed by atoms with Gasteiger partial charge in [0.15, 0.2) is 23.1 Å². The van der Waals surface area contributed by atoms with Gasteiger partial charge in [-0.05, 0) is 99.8 Å². The van der Waals surface area contributed by atoms with Gasteiger partial charge in [-0.2, -0.15) is 8.78 Å². The molecule has 0 unspecified atom stereocenters. The van der Waals surface area contributed by atoms with Crippen LogP contribution in [0.2, 0.25) is 0 Å². The summed E-state index contributed by atoms with van der Waals surface area (Å²) in [5.74, 6) is -6.22. The molecule has 0 heterocycles. The van der Waals surface area contributed by atoms with Crippen molar-refractivity contribution < 1.29 is 36.6 Å². The first-order chi connectivity index (χ1) is 18.8. The molecule has 0 saturated heterocycles. The Bertz CT molecular complexity index is 1150. The monoisotopic (exact) mass is 548 g/mol. The van der Waals surface area contributed by atoms with Crippen LogP contribution in [0.3, 0.4) is 0 Å². The predicted octanol–water partition coefficient (Wildman–Crippen LogP) is 8.14. The van der Waals surface area contributed by atoms with Gasteiger partial charge in [0.05, 0.1) is 18.6 Å². The van der Waals surface area contributed by atoms with E-state index >= 15 is 0 Å². The fourth-order valence-corrected chi connectivity index (χ4v) is 5.77. The summed E-state index contributed by atoms with van der Waals surface area (Å²) in [4.78, 5) is 12.8. The summed E-state index contributed by atoms with van der Waals surface area (Å²) in [6.45, 7) is 6.34. The summed E-state index contributed by atoms with van der Waals surface area (Å²) in [6, 6.07) is 5.77. The largest absolute Gasteiger partial charge is 0.490 e. The molecule has 0 spiro atoms. The second kappa shape index (κ2) is 13.5. The Morgan fingerprint density at radius 2 is 1.36 bits per heavy atom. The molecule has 2 aliphatic carbocycles. The smallest absolute Gasteiger partial charge is 0.314 e. The average molecular weight is 549 g/mol. The van der Waals surface area contributed by atoms with Gasteiger partial charge in [0, 0.05) is 6.61 Å². The van der Waals surface area contributed by atoms with Gasteiger partial charge in [-0.1, -0.05) is 18.2 Å². The zero-order chi connectivity index (χ0) is 27.9. The molecule has 2 aliphatic rings. The molecule has 0 atom stereocenters. The minimum atomic E-state index is -1.16. The van der Waals surface area contributed by atoms with Gasteiger partial charge < -0.3 is 14.2 Å². The van der Waals surface area contributed by atoms with Crippen molar-refractivity contribution in [1.82, 2.24) is 0 Å². The van der Waals surface area contributed by atoms with Gasteiger partial charge in [-0.3, -0.25) is 4.79 Å². The van der Waals surface area contributed by atoms with Crippen molar-refractivity contribution >= 4 is 5.97 Å². The van der Waals surface area contributed by atoms with Gasteiger partial charge >= 0.3 is 5.97 Å². The first-order valence-corrected chi connectivity index (χ1v) is 13.9. The average Bonchev–Trinajstić information content (AvgIpc) is 2.95. The maximum Gasteiger partial charge on any atom is 0.314 e. The van der Waals surface area contributed by atoms with Crippen LogP contribution >= 0.6 is 0 Å². The minimum Gasteiger partial charge on any atom is -0.490 e. The van der Waals surface area contributed by atoms with Crippen LogP contribution < -0.4 is 9.47 Å². The molecule has 2 saturated carbocycles. The van der Waals surface area contributed by atoms with Crippen LogP contribution in [-0.2, 0) is 9.53 Å². The number of carbonyl (C=O) groups excluding carboxylic acids is 1. The highest BCUT2D eigenvalue weighted by atomic mass is 19.2. The van der Waals surface area contributed by atoms with Crippen molar-refractivity contribution in [3.05, 3.63) is 71.3 Å². The lowest BCUT2D eigenvalue weighted by Gasteiger charge is -2.29. The Kier molecular flexibility index (Phi) is 10.1. The fraction of sp³-hybridized carbons (Fsp3) is 0.516. The highest BCUT2D eigenvalue weighted by Gasteiger charge is 2.32. The summed E-state index contributed by atoms with van der Waals surface area (Å²) >= 11 is 0. The molecule has 2 aromatic carbocycles. The molecule has 212 valence electrons. The van der Waals surface area contributed by atoms with Crippen LogP contribution in [-0.4, -0.2) is 25.3 Å². The Balaban J connectivity index is 1.33. The lowest BCUT2D eigenvalue weighted by Crippen LogP contribution is -2.26. The van der Waals surface area contributed by atoms with E-state index in [4.69, 9.17) is 14.2 Å². The van der Waals surface area contributed by atoms with Crippen LogP contribution in [0.25, 0.3) is 0 Å². The van der Waals surface area contributed by atoms with Crippen molar-refractivity contribution in [3.8, 4) is 11.5 Å². The molecule has 0 amide bonds. The van der Waals surface area contributed by atoms with Crippen molar-refractivity contribution in [3.63, 3.8) is 0 Å². The van der Waals surface area contributed by atoms with Crippen molar-refractivity contribution in [2.24, 2.45) is 5.92 Å². The van der Waals surface area contributed by atoms with Crippen LogP contribution in [0, 0.1) is 29.2 Å². The molecule has 0 N–H and O–H groups in total. The van der Waals surface area contributed by atoms with E-state index in [1.165, 1.54) is 24.3 Å². The Morgan fingerprint density at radius 3 is 1.92 bits per heavy atom. The third-order valence-corrected chi connectivity index (χ3v) is 7.96. The van der Waals surface area contributed by atoms with Crippen LogP contribution in [0.4, 0.5) is 17.6 Å². The molecule has 0 radical (unpaired) electrons. The molecule has 39 heavy (non-hydrogen) atoms. The maximum absolute atomic E-state index is 14.9. The van der Waals surface area contributed by atoms with E-state index in [0.29, 0.717) is 57.1 Å². The number of esters is 1. The zero-order valence-corrected chi connectivity index (χ0v) is 22.3. The summed E-state index contributed by atoms with van der Waals surface area (Å²) in [5, 5.41) is 0. The Labute approximate surface area is 227 Å². The van der Waals surface area contributed by atoms with Gasteiger partial charge in [0.2, 0.25) is 11.6 Å². The number of benzene rings is 2. The Hall–Kier alpha value is -2.87. The topological polar surface area (TPSA) is 44.8 Å². The first-order valence-electron chi connectivity index (χ1n) is 13.9. The van der Waals surface area contributed by atoms with Crippen LogP contribution in [0.1, 0.15) is 87.7 Å². The lowest BCUT2D eigenvalue weighted by molar-refractivity contribution is -0.140. The number of halogens is 4. The Morgan fingerprint density at radius 1 is 0.821 bits per heavy atom. The molecular formula is C31H36F4O4. The van der Waals surface area contributed by atoms with E-state index in [0.717, 1.165) is 12.8 Å². The number of ether oxygens (including phenoxy) is 3. The van der Waals surface area contributed by atoms with E-state index in [2.05, 4.69) is 6.58 Å². The maximum atomic E-state index is 14.9. The second-order valence-corrected chi connectivity index (χ2v) is 10.4. The number of hydrogen-bond acceptors (Lipinski definition) is 4. The molecule has 2 fully saturated rings. The standard InChI is InChI=1S/C31H36F4O4/c1-3-5-18-38-25-16-14-23(27(32)29(25)34)19-6-8-21(9-7-19)31(36)39-26-17-15-24(28(33)30(26)35)20-10-12-22(13-11-20)37-4-2/h3,14-17,19-22H,1,4-13,18H2,2H3. The highest BCUT2D eigenvalue weighted by Crippen LogP contribution is 2.40. The molecule has 0 aliphatic heterocycles. The molecule has 2 aromatic rings. The molecular weight excluding hydrogens is 512 g/mol. The highest BCUT2D eigenvalue weighted by molar-refractivity contribution is 5.75. The van der Waals surface area contributed by atoms with Gasteiger partial charge in [0.1, 0.15) is 0 Å². The van der Waals surface area contributed by atoms with Crippen LogP contribution in [0.5, 0.6) is 11.5 Å². The lowest BCUT2D eigenvalue weighted by atomic mass is 9.78. The van der Waals surface area contributed by atoms with Crippen molar-refractivity contribution in [2.45, 2.75) is 82.7 Å². The van der Waals surface area contributed by atoms with Crippen LogP contribution in [0.15, 0.2) is 36.9 Å². The molecule has 4 rings (SSSR count). The molecule has 0 aromatic heterocycles. The quantitative estimate of drug-likeness (QED) is 0.0989. The normalized spacial score (nSPS) is 23.3. The summed E-state index contributed by atoms with van der Waals surface area (Å²) < 4.78 is 75.2. The minimum absolute atomic E-state index is 0.103. The van der Waals surface area contributed by atoms with E-state index in [1.807, 2.05) is 6.92 Å². The zero-order valence-electron chi connectivity index (χ0n) is 22.3. The number of carbonyl (C=O) groups is 1. The second-order valence-electron chi connectivity index (χ2n) is 10.4. The van der Waals surface area contributed by atoms with E-state index < -0.39 is 40.9 Å². The molecule has 0 bridgehead atoms. The van der Waals surface area contributed by atoms with Gasteiger partial charge in [0.25, 0.3) is 0 Å². The van der Waals surface area contributed by atoms with Crippen molar-refractivity contribution in [1.29, 1.82) is 0 Å². The summed E-state index contributed by atoms with van der Waals surface area (Å²) in [7, 11) is 0. The SMILES string of the molecule is C=CCCOc1ccc(C2CCC(C(=O)Oc3ccc(C4CCC(OCC)CC4)c(F)c3F)CC2)c(F)c1F. The number of hydrogen-bond donors (Lipinski definition) is 0. The first kappa shape index (κ1) is 29.1. The third-order valence-electron chi connectivity index (χ3n) is 7.96. The van der Waals surface area contributed by atoms with E-state index in [1.54, 1.807) is 6.08 Å². The third kappa shape index (κ3) is 6.83. The molecule has 4 nitrogen and oxygen atoms in total. The summed E-state index contributed by atoms with van der Waals surface area (Å²) in [5.41, 5.74) is 0.545. The van der Waals surface area contributed by atoms with E-state index in [-0.39, 0.29) is 35.9 Å². The van der Waals surface area contributed by atoms with Crippen molar-refractivity contribution in [2.75, 3.05) is 13.2 Å². The van der Waals surface area contributed by atoms with E-state index in [9.17, 15) is 22.4 Å². The predicted molar refractivity (Wildman–Crippen MR) is 140 cm³/mol.